The van der Waals surface area contributed by atoms with E-state index in [0.717, 1.165) is 16.8 Å². The molecule has 1 aromatic heterocycles. The molecule has 0 fully saturated rings. The van der Waals surface area contributed by atoms with E-state index < -0.39 is 0 Å². The van der Waals surface area contributed by atoms with Gasteiger partial charge in [0.2, 0.25) is 0 Å². The molecular weight excluding hydrogens is 494 g/mol. The Morgan fingerprint density at radius 3 is 2.19 bits per heavy atom. The van der Waals surface area contributed by atoms with Gasteiger partial charge in [-0.1, -0.05) is 63.2 Å². The number of hydrogen-bond donors (Lipinski definition) is 0. The summed E-state index contributed by atoms with van der Waals surface area (Å²) >= 11 is 0. The van der Waals surface area contributed by atoms with Gasteiger partial charge in [-0.3, -0.25) is 4.98 Å². The van der Waals surface area contributed by atoms with Crippen molar-refractivity contribution in [3.8, 4) is 33.5 Å². The van der Waals surface area contributed by atoms with Crippen LogP contribution in [0.4, 0.5) is 0 Å². The summed E-state index contributed by atoms with van der Waals surface area (Å²) in [5.41, 5.74) is 12.1. The first-order valence-electron chi connectivity index (χ1n) is 8.67. The van der Waals surface area contributed by atoms with Gasteiger partial charge in [-0.25, -0.2) is 0 Å². The van der Waals surface area contributed by atoms with Gasteiger partial charge in [0.05, 0.1) is 5.52 Å². The number of benzene rings is 3. The molecule has 0 N–H and O–H groups in total. The Hall–Kier alpha value is -2.28. The predicted octanol–water partition coefficient (Wildman–Crippen LogP) is 6.27. The Kier molecular flexibility index (Phi) is 4.06. The molecule has 0 saturated carbocycles. The second kappa shape index (κ2) is 6.16. The second-order valence-electron chi connectivity index (χ2n) is 6.92. The summed E-state index contributed by atoms with van der Waals surface area (Å²) in [6.45, 7) is 6.44. The zero-order chi connectivity index (χ0) is 17.1. The molecule has 1 aliphatic carbocycles. The molecule has 0 saturated heterocycles. The van der Waals surface area contributed by atoms with Crippen molar-refractivity contribution in [2.45, 2.75) is 20.8 Å². The summed E-state index contributed by atoms with van der Waals surface area (Å²) in [6, 6.07) is 23.0. The van der Waals surface area contributed by atoms with Gasteiger partial charge in [0.15, 0.2) is 0 Å². The SMILES string of the molecule is Cc1[c-]c(-c2cc3c4c(cccc4n2)-c2ccccc2-3)cc(C)c1C.[Ir]. The summed E-state index contributed by atoms with van der Waals surface area (Å²) in [5.74, 6) is 0. The molecule has 0 unspecified atom stereocenters. The summed E-state index contributed by atoms with van der Waals surface area (Å²) in [7, 11) is 0. The molecule has 1 nitrogen and oxygen atoms in total. The maximum Gasteiger partial charge on any atom is 0.0607 e. The Morgan fingerprint density at radius 2 is 1.46 bits per heavy atom. The van der Waals surface area contributed by atoms with Crippen molar-refractivity contribution in [3.63, 3.8) is 0 Å². The number of rotatable bonds is 1. The summed E-state index contributed by atoms with van der Waals surface area (Å²) in [6.07, 6.45) is 0. The average Bonchev–Trinajstić information content (AvgIpc) is 2.95. The Balaban J connectivity index is 0.00000168. The van der Waals surface area contributed by atoms with Crippen LogP contribution in [0.3, 0.4) is 0 Å². The number of fused-ring (bicyclic) bond motifs is 3. The van der Waals surface area contributed by atoms with Gasteiger partial charge >= 0.3 is 0 Å². The average molecular weight is 513 g/mol. The molecule has 0 atom stereocenters. The molecule has 0 amide bonds. The van der Waals surface area contributed by atoms with Gasteiger partial charge in [0.25, 0.3) is 0 Å². The minimum atomic E-state index is 0. The molecule has 1 heterocycles. The van der Waals surface area contributed by atoms with Crippen LogP contribution in [0.15, 0.2) is 54.6 Å². The Labute approximate surface area is 167 Å². The third-order valence-corrected chi connectivity index (χ3v) is 5.45. The topological polar surface area (TPSA) is 12.9 Å². The molecule has 129 valence electrons. The van der Waals surface area contributed by atoms with E-state index in [1.165, 1.54) is 44.3 Å². The fraction of sp³-hybridized carbons (Fsp3) is 0.125. The first-order chi connectivity index (χ1) is 12.1. The van der Waals surface area contributed by atoms with Crippen molar-refractivity contribution >= 4 is 10.9 Å². The number of aromatic nitrogens is 1. The zero-order valence-corrected chi connectivity index (χ0v) is 17.4. The number of pyridine rings is 1. The normalized spacial score (nSPS) is 11.3. The van der Waals surface area contributed by atoms with Crippen LogP contribution < -0.4 is 0 Å². The van der Waals surface area contributed by atoms with Crippen molar-refractivity contribution in [1.29, 1.82) is 0 Å². The van der Waals surface area contributed by atoms with Crippen LogP contribution in [-0.2, 0) is 20.1 Å². The number of aryl methyl sites for hydroxylation is 2. The van der Waals surface area contributed by atoms with Crippen LogP contribution in [0.5, 0.6) is 0 Å². The van der Waals surface area contributed by atoms with E-state index in [9.17, 15) is 0 Å². The fourth-order valence-corrected chi connectivity index (χ4v) is 3.91. The minimum Gasteiger partial charge on any atom is -0.296 e. The monoisotopic (exact) mass is 513 g/mol. The van der Waals surface area contributed by atoms with Gasteiger partial charge < -0.3 is 0 Å². The van der Waals surface area contributed by atoms with Gasteiger partial charge in [-0.05, 0) is 34.0 Å². The van der Waals surface area contributed by atoms with E-state index in [4.69, 9.17) is 4.98 Å². The van der Waals surface area contributed by atoms with Gasteiger partial charge in [-0.15, -0.1) is 34.4 Å². The number of nitrogens with zero attached hydrogens (tertiary/aromatic N) is 1. The van der Waals surface area contributed by atoms with E-state index in [-0.39, 0.29) is 20.1 Å². The maximum atomic E-state index is 4.97. The number of hydrogen-bond acceptors (Lipinski definition) is 1. The molecule has 0 aliphatic heterocycles. The quantitative estimate of drug-likeness (QED) is 0.241. The molecule has 3 aromatic carbocycles. The second-order valence-corrected chi connectivity index (χ2v) is 6.92. The van der Waals surface area contributed by atoms with E-state index in [0.29, 0.717) is 0 Å². The van der Waals surface area contributed by atoms with E-state index in [2.05, 4.69) is 81.4 Å². The van der Waals surface area contributed by atoms with E-state index in [1.807, 2.05) is 0 Å². The fourth-order valence-electron chi connectivity index (χ4n) is 3.91. The van der Waals surface area contributed by atoms with Crippen molar-refractivity contribution < 1.29 is 20.1 Å². The first kappa shape index (κ1) is 17.1. The smallest absolute Gasteiger partial charge is 0.0607 e. The van der Waals surface area contributed by atoms with Crippen molar-refractivity contribution in [1.82, 2.24) is 4.98 Å². The van der Waals surface area contributed by atoms with Gasteiger partial charge in [0.1, 0.15) is 0 Å². The summed E-state index contributed by atoms with van der Waals surface area (Å²) in [5, 5.41) is 1.27. The molecule has 4 aromatic rings. The van der Waals surface area contributed by atoms with Crippen molar-refractivity contribution in [2.24, 2.45) is 0 Å². The van der Waals surface area contributed by atoms with E-state index >= 15 is 0 Å². The van der Waals surface area contributed by atoms with Crippen LogP contribution in [0.2, 0.25) is 0 Å². The molecule has 2 heteroatoms. The predicted molar refractivity (Wildman–Crippen MR) is 105 cm³/mol. The summed E-state index contributed by atoms with van der Waals surface area (Å²) in [4.78, 5) is 4.97. The third kappa shape index (κ3) is 2.37. The maximum absolute atomic E-state index is 4.97. The molecule has 0 bridgehead atoms. The molecular formula is C24H18IrN-. The van der Waals surface area contributed by atoms with Crippen LogP contribution in [0, 0.1) is 26.8 Å². The van der Waals surface area contributed by atoms with Crippen LogP contribution in [0.1, 0.15) is 16.7 Å². The first-order valence-corrected chi connectivity index (χ1v) is 8.67. The molecule has 1 aliphatic rings. The molecule has 5 rings (SSSR count). The van der Waals surface area contributed by atoms with Gasteiger partial charge in [-0.2, -0.15) is 0 Å². The van der Waals surface area contributed by atoms with Crippen LogP contribution in [0.25, 0.3) is 44.4 Å². The standard InChI is InChI=1S/C24H18N.Ir/c1-14-11-17(12-15(2)16(14)3)23-13-21-19-8-5-4-7-18(19)20-9-6-10-22(25-23)24(20)21;/h4-11,13H,1-3H3;/q-1;. The molecule has 26 heavy (non-hydrogen) atoms. The zero-order valence-electron chi connectivity index (χ0n) is 15.0. The Morgan fingerprint density at radius 1 is 0.769 bits per heavy atom. The van der Waals surface area contributed by atoms with Crippen molar-refractivity contribution in [3.05, 3.63) is 77.4 Å². The van der Waals surface area contributed by atoms with Gasteiger partial charge in [0, 0.05) is 25.5 Å². The summed E-state index contributed by atoms with van der Waals surface area (Å²) < 4.78 is 0. The van der Waals surface area contributed by atoms with Crippen LogP contribution in [-0.4, -0.2) is 4.98 Å². The minimum absolute atomic E-state index is 0. The molecule has 0 spiro atoms. The Bertz CT molecular complexity index is 1150. The van der Waals surface area contributed by atoms with Crippen molar-refractivity contribution in [2.75, 3.05) is 0 Å². The largest absolute Gasteiger partial charge is 0.296 e. The van der Waals surface area contributed by atoms with Crippen LogP contribution >= 0.6 is 0 Å². The van der Waals surface area contributed by atoms with E-state index in [1.54, 1.807) is 0 Å². The third-order valence-electron chi connectivity index (χ3n) is 5.45. The molecule has 1 radical (unpaired) electrons.